The second-order valence-electron chi connectivity index (χ2n) is 6.94. The minimum Gasteiger partial charge on any atom is -0.482 e. The van der Waals surface area contributed by atoms with Gasteiger partial charge in [-0.1, -0.05) is 12.1 Å². The summed E-state index contributed by atoms with van der Waals surface area (Å²) in [6.07, 6.45) is -0.475. The molecule has 2 aliphatic heterocycles. The fraction of sp³-hybridized carbons (Fsp3) is 0.286. The lowest BCUT2D eigenvalue weighted by atomic mass is 10.1. The fourth-order valence-electron chi connectivity index (χ4n) is 3.38. The van der Waals surface area contributed by atoms with E-state index in [-0.39, 0.29) is 37.3 Å². The van der Waals surface area contributed by atoms with Crippen molar-refractivity contribution < 1.29 is 23.9 Å². The van der Waals surface area contributed by atoms with Crippen molar-refractivity contribution in [1.82, 2.24) is 0 Å². The maximum Gasteiger partial charge on any atom is 0.267 e. The van der Waals surface area contributed by atoms with Crippen LogP contribution in [0, 0.1) is 0 Å². The normalized spacial score (nSPS) is 17.8. The number of carbonyl (C=O) groups excluding carboxylic acids is 3. The molecule has 8 nitrogen and oxygen atoms in total. The summed E-state index contributed by atoms with van der Waals surface area (Å²) in [6, 6.07) is 12.4. The van der Waals surface area contributed by atoms with Gasteiger partial charge in [0.1, 0.15) is 11.5 Å². The summed E-state index contributed by atoms with van der Waals surface area (Å²) in [5.74, 6) is 0.652. The molecule has 0 fully saturated rings. The van der Waals surface area contributed by atoms with Crippen LogP contribution in [0.3, 0.4) is 0 Å². The zero-order chi connectivity index (χ0) is 20.5. The summed E-state index contributed by atoms with van der Waals surface area (Å²) >= 11 is 0. The molecule has 8 heteroatoms. The highest BCUT2D eigenvalue weighted by Crippen LogP contribution is 2.35. The van der Waals surface area contributed by atoms with Gasteiger partial charge < -0.3 is 24.6 Å². The zero-order valence-electron chi connectivity index (χ0n) is 16.2. The predicted octanol–water partition coefficient (Wildman–Crippen LogP) is 2.18. The van der Waals surface area contributed by atoms with Gasteiger partial charge in [0.2, 0.25) is 5.91 Å². The molecule has 0 aliphatic carbocycles. The Morgan fingerprint density at radius 1 is 1.14 bits per heavy atom. The van der Waals surface area contributed by atoms with Crippen LogP contribution in [0.15, 0.2) is 42.5 Å². The average Bonchev–Trinajstić information content (AvgIpc) is 2.71. The van der Waals surface area contributed by atoms with E-state index in [1.165, 1.54) is 4.90 Å². The fourth-order valence-corrected chi connectivity index (χ4v) is 3.38. The van der Waals surface area contributed by atoms with Crippen LogP contribution in [0.1, 0.15) is 13.3 Å². The third kappa shape index (κ3) is 3.61. The third-order valence-electron chi connectivity index (χ3n) is 4.97. The van der Waals surface area contributed by atoms with Gasteiger partial charge in [-0.15, -0.1) is 0 Å². The minimum atomic E-state index is -0.596. The van der Waals surface area contributed by atoms with Gasteiger partial charge in [-0.3, -0.25) is 14.4 Å². The van der Waals surface area contributed by atoms with Crippen molar-refractivity contribution in [3.05, 3.63) is 42.5 Å². The number of para-hydroxylation sites is 2. The summed E-state index contributed by atoms with van der Waals surface area (Å²) in [5, 5.41) is 2.82. The molecule has 0 saturated heterocycles. The third-order valence-corrected chi connectivity index (χ3v) is 4.97. The molecule has 2 heterocycles. The number of ether oxygens (including phenoxy) is 2. The molecule has 2 aliphatic rings. The number of carbonyl (C=O) groups is 3. The van der Waals surface area contributed by atoms with Crippen molar-refractivity contribution in [1.29, 1.82) is 0 Å². The molecule has 4 rings (SSSR count). The Kier molecular flexibility index (Phi) is 4.84. The van der Waals surface area contributed by atoms with Gasteiger partial charge in [0.05, 0.1) is 11.4 Å². The largest absolute Gasteiger partial charge is 0.482 e. The number of fused-ring (bicyclic) bond motifs is 2. The van der Waals surface area contributed by atoms with E-state index in [0.29, 0.717) is 28.6 Å². The SMILES string of the molecule is CC1Oc2ccccc2N(CCC(=O)Nc2ccc3c(c2)N(C)C(=O)CO3)C1=O. The van der Waals surface area contributed by atoms with Gasteiger partial charge in [-0.05, 0) is 37.3 Å². The summed E-state index contributed by atoms with van der Waals surface area (Å²) in [4.78, 5) is 39.9. The molecule has 1 atom stereocenters. The molecule has 0 saturated carbocycles. The van der Waals surface area contributed by atoms with Crippen LogP contribution in [-0.4, -0.2) is 44.0 Å². The molecule has 1 N–H and O–H groups in total. The van der Waals surface area contributed by atoms with E-state index in [9.17, 15) is 14.4 Å². The average molecular weight is 395 g/mol. The first kappa shape index (κ1) is 18.8. The molecular weight excluding hydrogens is 374 g/mol. The van der Waals surface area contributed by atoms with Gasteiger partial charge in [-0.2, -0.15) is 0 Å². The molecule has 2 aromatic carbocycles. The molecule has 0 spiro atoms. The Hall–Kier alpha value is -3.55. The number of amides is 3. The number of anilines is 3. The molecule has 0 bridgehead atoms. The highest BCUT2D eigenvalue weighted by molar-refractivity contribution is 6.01. The van der Waals surface area contributed by atoms with Crippen LogP contribution in [-0.2, 0) is 14.4 Å². The highest BCUT2D eigenvalue weighted by Gasteiger charge is 2.31. The van der Waals surface area contributed by atoms with E-state index >= 15 is 0 Å². The standard InChI is InChI=1S/C21H21N3O5/c1-13-21(27)24(15-5-3-4-6-18(15)29-13)10-9-19(25)22-14-7-8-17-16(11-14)23(2)20(26)12-28-17/h3-8,11,13H,9-10,12H2,1-2H3,(H,22,25). The lowest BCUT2D eigenvalue weighted by molar-refractivity contribution is -0.125. The number of hydrogen-bond acceptors (Lipinski definition) is 5. The Morgan fingerprint density at radius 2 is 1.93 bits per heavy atom. The number of benzene rings is 2. The van der Waals surface area contributed by atoms with Crippen molar-refractivity contribution in [2.24, 2.45) is 0 Å². The summed E-state index contributed by atoms with van der Waals surface area (Å²) in [5.41, 5.74) is 1.82. The Labute approximate surface area is 168 Å². The van der Waals surface area contributed by atoms with Gasteiger partial charge in [0, 0.05) is 25.7 Å². The van der Waals surface area contributed by atoms with Gasteiger partial charge in [-0.25, -0.2) is 0 Å². The van der Waals surface area contributed by atoms with Gasteiger partial charge in [0.25, 0.3) is 11.8 Å². The maximum absolute atomic E-state index is 12.5. The molecule has 0 radical (unpaired) electrons. The van der Waals surface area contributed by atoms with E-state index in [0.717, 1.165) is 0 Å². The maximum atomic E-state index is 12.5. The molecule has 0 aromatic heterocycles. The smallest absolute Gasteiger partial charge is 0.267 e. The van der Waals surface area contributed by atoms with Crippen molar-refractivity contribution in [3.63, 3.8) is 0 Å². The first-order valence-electron chi connectivity index (χ1n) is 9.34. The van der Waals surface area contributed by atoms with Crippen molar-refractivity contribution in [3.8, 4) is 11.5 Å². The minimum absolute atomic E-state index is 0.00266. The van der Waals surface area contributed by atoms with Crippen molar-refractivity contribution in [2.45, 2.75) is 19.4 Å². The van der Waals surface area contributed by atoms with E-state index < -0.39 is 6.10 Å². The van der Waals surface area contributed by atoms with E-state index in [1.807, 2.05) is 12.1 Å². The summed E-state index contributed by atoms with van der Waals surface area (Å²) in [6.45, 7) is 1.93. The molecule has 29 heavy (non-hydrogen) atoms. The van der Waals surface area contributed by atoms with Gasteiger partial charge >= 0.3 is 0 Å². The molecular formula is C21H21N3O5. The monoisotopic (exact) mass is 395 g/mol. The number of hydrogen-bond donors (Lipinski definition) is 1. The zero-order valence-corrected chi connectivity index (χ0v) is 16.2. The van der Waals surface area contributed by atoms with E-state index in [4.69, 9.17) is 9.47 Å². The molecule has 150 valence electrons. The van der Waals surface area contributed by atoms with Crippen LogP contribution in [0.5, 0.6) is 11.5 Å². The van der Waals surface area contributed by atoms with E-state index in [2.05, 4.69) is 5.32 Å². The van der Waals surface area contributed by atoms with E-state index in [1.54, 1.807) is 49.2 Å². The lowest BCUT2D eigenvalue weighted by Gasteiger charge is -2.32. The van der Waals surface area contributed by atoms with Gasteiger partial charge in [0.15, 0.2) is 12.7 Å². The summed E-state index contributed by atoms with van der Waals surface area (Å²) < 4.78 is 11.0. The summed E-state index contributed by atoms with van der Waals surface area (Å²) in [7, 11) is 1.66. The number of nitrogens with one attached hydrogen (secondary N) is 1. The number of nitrogens with zero attached hydrogens (tertiary/aromatic N) is 2. The van der Waals surface area contributed by atoms with Crippen LogP contribution >= 0.6 is 0 Å². The quantitative estimate of drug-likeness (QED) is 0.857. The first-order chi connectivity index (χ1) is 13.9. The first-order valence-corrected chi connectivity index (χ1v) is 9.34. The van der Waals surface area contributed by atoms with Crippen LogP contribution < -0.4 is 24.6 Å². The van der Waals surface area contributed by atoms with Crippen molar-refractivity contribution in [2.75, 3.05) is 35.3 Å². The van der Waals surface area contributed by atoms with Crippen LogP contribution in [0.2, 0.25) is 0 Å². The highest BCUT2D eigenvalue weighted by atomic mass is 16.5. The molecule has 2 aromatic rings. The van der Waals surface area contributed by atoms with Crippen LogP contribution in [0.25, 0.3) is 0 Å². The second kappa shape index (κ2) is 7.46. The Balaban J connectivity index is 1.43. The molecule has 3 amide bonds. The van der Waals surface area contributed by atoms with Crippen LogP contribution in [0.4, 0.5) is 17.1 Å². The Bertz CT molecular complexity index is 990. The molecule has 1 unspecified atom stereocenters. The van der Waals surface area contributed by atoms with Crippen molar-refractivity contribution >= 4 is 34.8 Å². The lowest BCUT2D eigenvalue weighted by Crippen LogP contribution is -2.45. The number of likely N-dealkylation sites (N-methyl/N-ethyl adjacent to an activating group) is 1. The second-order valence-corrected chi connectivity index (χ2v) is 6.94. The number of rotatable bonds is 4. The Morgan fingerprint density at radius 3 is 2.76 bits per heavy atom. The predicted molar refractivity (Wildman–Crippen MR) is 107 cm³/mol. The topological polar surface area (TPSA) is 88.2 Å².